The first-order valence-electron chi connectivity index (χ1n) is 15.3. The molecule has 4 atom stereocenters. The van der Waals surface area contributed by atoms with E-state index in [-0.39, 0.29) is 51.1 Å². The van der Waals surface area contributed by atoms with Crippen molar-refractivity contribution in [3.63, 3.8) is 0 Å². The third kappa shape index (κ3) is 8.99. The minimum Gasteiger partial charge on any atom is -0.845 e. The zero-order chi connectivity index (χ0) is 30.3. The van der Waals surface area contributed by atoms with Gasteiger partial charge in [0.1, 0.15) is 0 Å². The first-order valence-corrected chi connectivity index (χ1v) is 15.3. The molecule has 3 rings (SSSR count). The van der Waals surface area contributed by atoms with E-state index in [0.29, 0.717) is 0 Å². The minimum absolute atomic E-state index is 0. The van der Waals surface area contributed by atoms with E-state index in [1.807, 2.05) is 12.4 Å². The Morgan fingerprint density at radius 1 is 0.561 bits per heavy atom. The van der Waals surface area contributed by atoms with Crippen molar-refractivity contribution in [1.82, 2.24) is 10.6 Å². The molecule has 2 unspecified atom stereocenters. The Morgan fingerprint density at radius 2 is 0.878 bits per heavy atom. The van der Waals surface area contributed by atoms with Gasteiger partial charge in [-0.15, -0.1) is 0 Å². The van der Waals surface area contributed by atoms with Gasteiger partial charge in [0.05, 0.1) is 0 Å². The SMILES string of the molecule is CC(C)(C)C1=C/C(=C/N[C@H]2CCCC[C@@H]2N/C=C2\C=C(C(C)(C)C)C=C(C(C)(C)C)C2[O-])C([O-])C(C(C)(C)C)=C1.[Cr+3]. The Labute approximate surface area is 262 Å². The molecule has 0 aromatic carbocycles. The van der Waals surface area contributed by atoms with Crippen LogP contribution >= 0.6 is 0 Å². The molecule has 41 heavy (non-hydrogen) atoms. The summed E-state index contributed by atoms with van der Waals surface area (Å²) in [7, 11) is 0. The summed E-state index contributed by atoms with van der Waals surface area (Å²) in [4.78, 5) is 0. The Morgan fingerprint density at radius 3 is 1.15 bits per heavy atom. The minimum atomic E-state index is -0.872. The van der Waals surface area contributed by atoms with Crippen LogP contribution in [0.3, 0.4) is 0 Å². The molecule has 227 valence electrons. The van der Waals surface area contributed by atoms with Crippen LogP contribution in [0, 0.1) is 21.7 Å². The second kappa shape index (κ2) is 13.0. The van der Waals surface area contributed by atoms with Gasteiger partial charge in [-0.1, -0.05) is 144 Å². The Hall–Kier alpha value is -1.51. The van der Waals surface area contributed by atoms with E-state index in [9.17, 15) is 10.2 Å². The normalized spacial score (nSPS) is 28.3. The third-order valence-corrected chi connectivity index (χ3v) is 8.59. The van der Waals surface area contributed by atoms with Crippen molar-refractivity contribution in [2.75, 3.05) is 0 Å². The monoisotopic (exact) mass is 600 g/mol. The second-order valence-electron chi connectivity index (χ2n) is 16.3. The number of hydrogen-bond donors (Lipinski definition) is 2. The van der Waals surface area contributed by atoms with Gasteiger partial charge in [0.2, 0.25) is 0 Å². The van der Waals surface area contributed by atoms with Gasteiger partial charge < -0.3 is 20.8 Å². The molecule has 1 radical (unpaired) electrons. The summed E-state index contributed by atoms with van der Waals surface area (Å²) in [6, 6.07) is 0.385. The van der Waals surface area contributed by atoms with Crippen molar-refractivity contribution in [1.29, 1.82) is 0 Å². The fourth-order valence-corrected chi connectivity index (χ4v) is 5.70. The maximum Gasteiger partial charge on any atom is 3.00 e. The summed E-state index contributed by atoms with van der Waals surface area (Å²) in [6.07, 6.45) is 15.0. The van der Waals surface area contributed by atoms with Gasteiger partial charge in [-0.05, 0) is 69.2 Å². The average molecular weight is 601 g/mol. The van der Waals surface area contributed by atoms with Crippen LogP contribution in [0.4, 0.5) is 0 Å². The third-order valence-electron chi connectivity index (χ3n) is 8.59. The molecule has 1 fully saturated rings. The van der Waals surface area contributed by atoms with Gasteiger partial charge in [0.25, 0.3) is 0 Å². The van der Waals surface area contributed by atoms with E-state index in [0.717, 1.165) is 48.0 Å². The second-order valence-corrected chi connectivity index (χ2v) is 16.3. The zero-order valence-corrected chi connectivity index (χ0v) is 29.1. The average Bonchev–Trinajstić information content (AvgIpc) is 2.80. The smallest absolute Gasteiger partial charge is 0.845 e. The van der Waals surface area contributed by atoms with Crippen LogP contribution in [-0.2, 0) is 17.4 Å². The molecule has 2 N–H and O–H groups in total. The van der Waals surface area contributed by atoms with Crippen molar-refractivity contribution >= 4 is 0 Å². The van der Waals surface area contributed by atoms with Crippen molar-refractivity contribution in [3.05, 3.63) is 70.1 Å². The molecule has 0 aliphatic heterocycles. The molecule has 4 nitrogen and oxygen atoms in total. The van der Waals surface area contributed by atoms with Gasteiger partial charge in [-0.25, -0.2) is 0 Å². The maximum absolute atomic E-state index is 13.6. The molecule has 0 amide bonds. The van der Waals surface area contributed by atoms with Crippen LogP contribution in [0.2, 0.25) is 0 Å². The van der Waals surface area contributed by atoms with E-state index in [4.69, 9.17) is 0 Å². The molecule has 5 heteroatoms. The number of nitrogens with one attached hydrogen (secondary N) is 2. The first kappa shape index (κ1) is 35.7. The summed E-state index contributed by atoms with van der Waals surface area (Å²) < 4.78 is 0. The van der Waals surface area contributed by atoms with Crippen molar-refractivity contribution in [2.24, 2.45) is 21.7 Å². The molecule has 0 aromatic heterocycles. The standard InChI is InChI=1S/C36H56N2O2.Cr/c1-33(2,3)25-17-23(31(39)27(19-25)35(7,8)9)21-37-29-15-13-14-16-30(29)38-22-24-18-26(34(4,5)6)20-28(32(24)40)36(10,11)12;/h17-22,29-32,37-38H,13-16H2,1-12H3;/q-2;+3/b23-21-,24-22+;/t29-,30-,31?,32?;/m0./s1. The molecule has 0 bridgehead atoms. The summed E-state index contributed by atoms with van der Waals surface area (Å²) in [5.74, 6) is 0. The first-order chi connectivity index (χ1) is 18.2. The Bertz CT molecular complexity index is 1030. The van der Waals surface area contributed by atoms with Crippen LogP contribution in [0.25, 0.3) is 0 Å². The predicted octanol–water partition coefficient (Wildman–Crippen LogP) is 6.62. The van der Waals surface area contributed by atoms with Gasteiger partial charge in [-0.3, -0.25) is 0 Å². The van der Waals surface area contributed by atoms with Crippen molar-refractivity contribution in [3.8, 4) is 0 Å². The molecule has 0 heterocycles. The van der Waals surface area contributed by atoms with Crippen LogP contribution < -0.4 is 20.8 Å². The number of rotatable bonds is 4. The molecule has 3 aliphatic carbocycles. The Balaban J connectivity index is 0.00000588. The van der Waals surface area contributed by atoms with Crippen molar-refractivity contribution in [2.45, 2.75) is 133 Å². The van der Waals surface area contributed by atoms with Crippen LogP contribution in [0.5, 0.6) is 0 Å². The van der Waals surface area contributed by atoms with Gasteiger partial charge in [0, 0.05) is 12.1 Å². The van der Waals surface area contributed by atoms with Crippen LogP contribution in [-0.4, -0.2) is 24.3 Å². The van der Waals surface area contributed by atoms with Crippen LogP contribution in [0.15, 0.2) is 70.1 Å². The summed E-state index contributed by atoms with van der Waals surface area (Å²) in [5, 5.41) is 34.5. The van der Waals surface area contributed by atoms with Crippen LogP contribution in [0.1, 0.15) is 109 Å². The largest absolute Gasteiger partial charge is 3.00 e. The molecule has 0 aromatic rings. The molecule has 0 saturated heterocycles. The molecule has 3 aliphatic rings. The molecule has 1 saturated carbocycles. The predicted molar refractivity (Wildman–Crippen MR) is 166 cm³/mol. The molecular weight excluding hydrogens is 544 g/mol. The summed E-state index contributed by atoms with van der Waals surface area (Å²) in [6.45, 7) is 26.0. The van der Waals surface area contributed by atoms with Gasteiger partial charge >= 0.3 is 17.4 Å². The number of hydrogen-bond acceptors (Lipinski definition) is 4. The van der Waals surface area contributed by atoms with E-state index in [2.05, 4.69) is 118 Å². The number of allylic oxidation sites excluding steroid dienone is 4. The topological polar surface area (TPSA) is 70.2 Å². The van der Waals surface area contributed by atoms with Gasteiger partial charge in [-0.2, -0.15) is 0 Å². The summed E-state index contributed by atoms with van der Waals surface area (Å²) >= 11 is 0. The van der Waals surface area contributed by atoms with E-state index in [1.54, 1.807) is 0 Å². The zero-order valence-electron chi connectivity index (χ0n) is 27.8. The summed E-state index contributed by atoms with van der Waals surface area (Å²) in [5.41, 5.74) is 5.45. The molecule has 0 spiro atoms. The van der Waals surface area contributed by atoms with E-state index in [1.165, 1.54) is 11.1 Å². The fraction of sp³-hybridized carbons (Fsp3) is 0.667. The van der Waals surface area contributed by atoms with E-state index >= 15 is 0 Å². The van der Waals surface area contributed by atoms with Crippen molar-refractivity contribution < 1.29 is 27.6 Å². The molecular formula is C36H56CrN2O2+. The fourth-order valence-electron chi connectivity index (χ4n) is 5.70. The maximum atomic E-state index is 13.6. The quantitative estimate of drug-likeness (QED) is 0.381. The Kier molecular flexibility index (Phi) is 11.3. The van der Waals surface area contributed by atoms with Gasteiger partial charge in [0.15, 0.2) is 0 Å². The van der Waals surface area contributed by atoms with E-state index < -0.39 is 12.2 Å².